The molecule has 128 valence electrons. The molecule has 1 aromatic heterocycles. The standard InChI is InChI=1S/C16H15F3N2O3/c17-16(18,19)14(11-5-2-1-3-6-11)21-13(22)8-9-20-15(23)12-7-4-10-24-12/h1-7,10,14H,8-9H2,(H,20,23)(H,21,22)/t14-/m1/s1. The second kappa shape index (κ2) is 7.67. The van der Waals surface area contributed by atoms with E-state index in [-0.39, 0.29) is 24.3 Å². The second-order valence-electron chi connectivity index (χ2n) is 4.94. The van der Waals surface area contributed by atoms with Gasteiger partial charge in [0.2, 0.25) is 5.91 Å². The number of amides is 2. The van der Waals surface area contributed by atoms with Crippen molar-refractivity contribution in [3.05, 3.63) is 60.1 Å². The van der Waals surface area contributed by atoms with Gasteiger partial charge in [0.15, 0.2) is 11.8 Å². The van der Waals surface area contributed by atoms with Gasteiger partial charge in [0, 0.05) is 13.0 Å². The molecule has 1 aromatic carbocycles. The fourth-order valence-electron chi connectivity index (χ4n) is 2.02. The van der Waals surface area contributed by atoms with Crippen molar-refractivity contribution < 1.29 is 27.2 Å². The number of hydrogen-bond donors (Lipinski definition) is 2. The van der Waals surface area contributed by atoms with Gasteiger partial charge < -0.3 is 15.1 Å². The SMILES string of the molecule is O=C(CCNC(=O)c1ccco1)N[C@H](c1ccccc1)C(F)(F)F. The fraction of sp³-hybridized carbons (Fsp3) is 0.250. The maximum absolute atomic E-state index is 13.1. The van der Waals surface area contributed by atoms with E-state index in [0.29, 0.717) is 0 Å². The van der Waals surface area contributed by atoms with Crippen LogP contribution in [0.3, 0.4) is 0 Å². The normalized spacial score (nSPS) is 12.5. The summed E-state index contributed by atoms with van der Waals surface area (Å²) < 4.78 is 44.2. The third-order valence-electron chi connectivity index (χ3n) is 3.15. The largest absolute Gasteiger partial charge is 0.459 e. The molecule has 0 unspecified atom stereocenters. The van der Waals surface area contributed by atoms with Crippen LogP contribution >= 0.6 is 0 Å². The highest BCUT2D eigenvalue weighted by Crippen LogP contribution is 2.32. The van der Waals surface area contributed by atoms with Crippen LogP contribution in [-0.2, 0) is 4.79 Å². The van der Waals surface area contributed by atoms with Crippen LogP contribution in [0.2, 0.25) is 0 Å². The fourth-order valence-corrected chi connectivity index (χ4v) is 2.02. The summed E-state index contributed by atoms with van der Waals surface area (Å²) in [6, 6.07) is 7.96. The lowest BCUT2D eigenvalue weighted by Crippen LogP contribution is -2.39. The Balaban J connectivity index is 1.88. The summed E-state index contributed by atoms with van der Waals surface area (Å²) in [6.45, 7) is -0.106. The molecule has 0 aliphatic carbocycles. The molecule has 0 saturated carbocycles. The Bertz CT molecular complexity index is 670. The van der Waals surface area contributed by atoms with Gasteiger partial charge in [-0.3, -0.25) is 9.59 Å². The van der Waals surface area contributed by atoms with E-state index < -0.39 is 24.0 Å². The van der Waals surface area contributed by atoms with E-state index in [9.17, 15) is 22.8 Å². The topological polar surface area (TPSA) is 71.3 Å². The maximum atomic E-state index is 13.1. The zero-order valence-corrected chi connectivity index (χ0v) is 12.5. The number of hydrogen-bond acceptors (Lipinski definition) is 3. The van der Waals surface area contributed by atoms with E-state index >= 15 is 0 Å². The van der Waals surface area contributed by atoms with Crippen molar-refractivity contribution in [2.45, 2.75) is 18.6 Å². The van der Waals surface area contributed by atoms with E-state index in [2.05, 4.69) is 5.32 Å². The molecule has 0 fully saturated rings. The lowest BCUT2D eigenvalue weighted by atomic mass is 10.1. The van der Waals surface area contributed by atoms with Gasteiger partial charge in [-0.05, 0) is 17.7 Å². The number of alkyl halides is 3. The van der Waals surface area contributed by atoms with Crippen molar-refractivity contribution in [1.82, 2.24) is 10.6 Å². The third-order valence-corrected chi connectivity index (χ3v) is 3.15. The number of carbonyl (C=O) groups is 2. The van der Waals surface area contributed by atoms with Crippen LogP contribution in [0.15, 0.2) is 53.1 Å². The molecule has 0 radical (unpaired) electrons. The zero-order chi connectivity index (χ0) is 17.6. The molecule has 0 saturated heterocycles. The molecule has 0 aliphatic rings. The Morgan fingerprint density at radius 1 is 1.08 bits per heavy atom. The van der Waals surface area contributed by atoms with Gasteiger partial charge in [-0.1, -0.05) is 30.3 Å². The first-order chi connectivity index (χ1) is 11.4. The first-order valence-corrected chi connectivity index (χ1v) is 7.10. The summed E-state index contributed by atoms with van der Waals surface area (Å²) in [6.07, 6.45) is -3.59. The number of carbonyl (C=O) groups excluding carboxylic acids is 2. The Morgan fingerprint density at radius 2 is 1.79 bits per heavy atom. The minimum atomic E-state index is -4.62. The molecule has 24 heavy (non-hydrogen) atoms. The molecule has 2 amide bonds. The van der Waals surface area contributed by atoms with E-state index in [1.54, 1.807) is 6.07 Å². The van der Waals surface area contributed by atoms with Crippen molar-refractivity contribution in [3.63, 3.8) is 0 Å². The Morgan fingerprint density at radius 3 is 2.38 bits per heavy atom. The van der Waals surface area contributed by atoms with Gasteiger partial charge in [-0.2, -0.15) is 13.2 Å². The molecule has 0 aliphatic heterocycles. The van der Waals surface area contributed by atoms with Crippen LogP contribution in [0, 0.1) is 0 Å². The minimum Gasteiger partial charge on any atom is -0.459 e. The van der Waals surface area contributed by atoms with Crippen LogP contribution in [0.5, 0.6) is 0 Å². The van der Waals surface area contributed by atoms with Crippen molar-refractivity contribution in [2.24, 2.45) is 0 Å². The van der Waals surface area contributed by atoms with Gasteiger partial charge in [0.1, 0.15) is 0 Å². The maximum Gasteiger partial charge on any atom is 0.412 e. The third kappa shape index (κ3) is 4.87. The predicted octanol–water partition coefficient (Wildman–Crippen LogP) is 2.82. The van der Waals surface area contributed by atoms with Gasteiger partial charge in [-0.25, -0.2) is 0 Å². The second-order valence-corrected chi connectivity index (χ2v) is 4.94. The quantitative estimate of drug-likeness (QED) is 0.849. The smallest absolute Gasteiger partial charge is 0.412 e. The first kappa shape index (κ1) is 17.6. The number of rotatable bonds is 6. The van der Waals surface area contributed by atoms with Crippen LogP contribution < -0.4 is 10.6 Å². The molecular weight excluding hydrogens is 325 g/mol. The Hall–Kier alpha value is -2.77. The summed E-state index contributed by atoms with van der Waals surface area (Å²) in [5.74, 6) is -1.29. The van der Waals surface area contributed by atoms with Crippen molar-refractivity contribution in [2.75, 3.05) is 6.54 Å². The lowest BCUT2D eigenvalue weighted by Gasteiger charge is -2.22. The Kier molecular flexibility index (Phi) is 5.62. The summed E-state index contributed by atoms with van der Waals surface area (Å²) in [5, 5.41) is 4.34. The molecule has 8 heteroatoms. The van der Waals surface area contributed by atoms with E-state index in [0.717, 1.165) is 0 Å². The highest BCUT2D eigenvalue weighted by Gasteiger charge is 2.41. The summed E-state index contributed by atoms with van der Waals surface area (Å²) in [5.41, 5.74) is -0.0574. The molecule has 2 aromatic rings. The monoisotopic (exact) mass is 340 g/mol. The first-order valence-electron chi connectivity index (χ1n) is 7.10. The average molecular weight is 340 g/mol. The number of halogens is 3. The van der Waals surface area contributed by atoms with Gasteiger partial charge in [0.05, 0.1) is 6.26 Å². The van der Waals surface area contributed by atoms with E-state index in [1.807, 2.05) is 5.32 Å². The minimum absolute atomic E-state index is 0.0574. The predicted molar refractivity (Wildman–Crippen MR) is 79.0 cm³/mol. The molecule has 1 atom stereocenters. The summed E-state index contributed by atoms with van der Waals surface area (Å²) in [4.78, 5) is 23.3. The molecule has 5 nitrogen and oxygen atoms in total. The molecule has 2 rings (SSSR count). The molecule has 0 spiro atoms. The van der Waals surface area contributed by atoms with E-state index in [1.165, 1.54) is 42.7 Å². The number of nitrogens with one attached hydrogen (secondary N) is 2. The van der Waals surface area contributed by atoms with Gasteiger partial charge >= 0.3 is 6.18 Å². The van der Waals surface area contributed by atoms with Gasteiger partial charge in [-0.15, -0.1) is 0 Å². The Labute approximate surface area is 135 Å². The summed E-state index contributed by atoms with van der Waals surface area (Å²) >= 11 is 0. The molecule has 0 bridgehead atoms. The van der Waals surface area contributed by atoms with Crippen LogP contribution in [0.4, 0.5) is 13.2 Å². The van der Waals surface area contributed by atoms with Crippen LogP contribution in [0.1, 0.15) is 28.6 Å². The number of benzene rings is 1. The van der Waals surface area contributed by atoms with Crippen molar-refractivity contribution >= 4 is 11.8 Å². The highest BCUT2D eigenvalue weighted by atomic mass is 19.4. The molecular formula is C16H15F3N2O3. The van der Waals surface area contributed by atoms with Crippen LogP contribution in [0.25, 0.3) is 0 Å². The molecule has 2 N–H and O–H groups in total. The molecule has 1 heterocycles. The van der Waals surface area contributed by atoms with Crippen molar-refractivity contribution in [3.8, 4) is 0 Å². The van der Waals surface area contributed by atoms with Crippen molar-refractivity contribution in [1.29, 1.82) is 0 Å². The summed E-state index contributed by atoms with van der Waals surface area (Å²) in [7, 11) is 0. The number of furan rings is 1. The highest BCUT2D eigenvalue weighted by molar-refractivity contribution is 5.91. The van der Waals surface area contributed by atoms with E-state index in [4.69, 9.17) is 4.42 Å². The van der Waals surface area contributed by atoms with Gasteiger partial charge in [0.25, 0.3) is 5.91 Å². The average Bonchev–Trinajstić information content (AvgIpc) is 3.07. The van der Waals surface area contributed by atoms with Crippen LogP contribution in [-0.4, -0.2) is 24.5 Å². The zero-order valence-electron chi connectivity index (χ0n) is 12.5. The lowest BCUT2D eigenvalue weighted by molar-refractivity contribution is -0.163.